The Labute approximate surface area is 124 Å². The highest BCUT2D eigenvalue weighted by molar-refractivity contribution is 5.77. The molecule has 1 fully saturated rings. The molecular weight excluding hydrogens is 270 g/mol. The van der Waals surface area contributed by atoms with E-state index in [0.29, 0.717) is 13.0 Å². The van der Waals surface area contributed by atoms with Gasteiger partial charge in [0.1, 0.15) is 6.61 Å². The summed E-state index contributed by atoms with van der Waals surface area (Å²) in [7, 11) is 0. The second-order valence-electron chi connectivity index (χ2n) is 5.92. The lowest BCUT2D eigenvalue weighted by Crippen LogP contribution is -2.48. The maximum Gasteiger partial charge on any atom is 0.410 e. The molecule has 1 aliphatic heterocycles. The smallest absolute Gasteiger partial charge is 0.410 e. The SMILES string of the molecule is CC(C)(C(=O)O)C1CCCN1C(=O)OCc1ccccc1. The van der Waals surface area contributed by atoms with Crippen molar-refractivity contribution in [3.05, 3.63) is 35.9 Å². The summed E-state index contributed by atoms with van der Waals surface area (Å²) in [6.07, 6.45) is 1.07. The van der Waals surface area contributed by atoms with Crippen LogP contribution in [0.15, 0.2) is 30.3 Å². The fraction of sp³-hybridized carbons (Fsp3) is 0.500. The molecule has 21 heavy (non-hydrogen) atoms. The van der Waals surface area contributed by atoms with Gasteiger partial charge in [-0.2, -0.15) is 0 Å². The molecule has 1 aromatic rings. The van der Waals surface area contributed by atoms with Crippen LogP contribution in [0.2, 0.25) is 0 Å². The first-order valence-corrected chi connectivity index (χ1v) is 7.13. The minimum absolute atomic E-state index is 0.205. The number of hydrogen-bond donors (Lipinski definition) is 1. The fourth-order valence-corrected chi connectivity index (χ4v) is 2.68. The van der Waals surface area contributed by atoms with Gasteiger partial charge in [-0.3, -0.25) is 4.79 Å². The molecule has 0 saturated carbocycles. The van der Waals surface area contributed by atoms with Crippen LogP contribution in [0.3, 0.4) is 0 Å². The molecule has 0 aliphatic carbocycles. The van der Waals surface area contributed by atoms with Gasteiger partial charge >= 0.3 is 12.1 Å². The summed E-state index contributed by atoms with van der Waals surface area (Å²) >= 11 is 0. The van der Waals surface area contributed by atoms with Crippen LogP contribution in [0.25, 0.3) is 0 Å². The average molecular weight is 291 g/mol. The molecular formula is C16H21NO4. The third-order valence-electron chi connectivity index (χ3n) is 4.08. The summed E-state index contributed by atoms with van der Waals surface area (Å²) in [6.45, 7) is 4.07. The number of amides is 1. The minimum atomic E-state index is -0.970. The molecule has 114 valence electrons. The lowest BCUT2D eigenvalue weighted by molar-refractivity contribution is -0.149. The van der Waals surface area contributed by atoms with Gasteiger partial charge in [0.15, 0.2) is 0 Å². The number of carboxylic acid groups (broad SMARTS) is 1. The van der Waals surface area contributed by atoms with Crippen molar-refractivity contribution in [2.24, 2.45) is 5.41 Å². The highest BCUT2D eigenvalue weighted by Gasteiger charge is 2.45. The highest BCUT2D eigenvalue weighted by Crippen LogP contribution is 2.34. The van der Waals surface area contributed by atoms with Crippen LogP contribution in [-0.2, 0) is 16.1 Å². The number of carboxylic acids is 1. The number of nitrogens with zero attached hydrogens (tertiary/aromatic N) is 1. The Morgan fingerprint density at radius 3 is 2.62 bits per heavy atom. The van der Waals surface area contributed by atoms with Crippen molar-refractivity contribution < 1.29 is 19.4 Å². The maximum absolute atomic E-state index is 12.2. The second-order valence-corrected chi connectivity index (χ2v) is 5.92. The number of likely N-dealkylation sites (tertiary alicyclic amines) is 1. The number of hydrogen-bond acceptors (Lipinski definition) is 3. The van der Waals surface area contributed by atoms with E-state index in [2.05, 4.69) is 0 Å². The zero-order valence-electron chi connectivity index (χ0n) is 12.4. The molecule has 1 saturated heterocycles. The van der Waals surface area contributed by atoms with Crippen LogP contribution in [0.5, 0.6) is 0 Å². The van der Waals surface area contributed by atoms with E-state index in [0.717, 1.165) is 12.0 Å². The fourth-order valence-electron chi connectivity index (χ4n) is 2.68. The molecule has 5 heteroatoms. The lowest BCUT2D eigenvalue weighted by atomic mass is 9.83. The Balaban J connectivity index is 2.00. The average Bonchev–Trinajstić information content (AvgIpc) is 2.96. The highest BCUT2D eigenvalue weighted by atomic mass is 16.6. The molecule has 0 spiro atoms. The summed E-state index contributed by atoms with van der Waals surface area (Å²) in [6, 6.07) is 9.12. The molecule has 0 bridgehead atoms. The summed E-state index contributed by atoms with van der Waals surface area (Å²) in [5.41, 5.74) is -0.0541. The molecule has 1 amide bonds. The topological polar surface area (TPSA) is 66.8 Å². The van der Waals surface area contributed by atoms with E-state index in [1.54, 1.807) is 18.7 Å². The van der Waals surface area contributed by atoms with Crippen LogP contribution in [-0.4, -0.2) is 34.7 Å². The van der Waals surface area contributed by atoms with Crippen molar-refractivity contribution >= 4 is 12.1 Å². The van der Waals surface area contributed by atoms with Crippen molar-refractivity contribution in [2.75, 3.05) is 6.54 Å². The van der Waals surface area contributed by atoms with Crippen LogP contribution in [0.4, 0.5) is 4.79 Å². The normalized spacial score (nSPS) is 18.6. The first kappa shape index (κ1) is 15.4. The summed E-state index contributed by atoms with van der Waals surface area (Å²) in [4.78, 5) is 25.1. The van der Waals surface area contributed by atoms with E-state index in [-0.39, 0.29) is 12.6 Å². The zero-order chi connectivity index (χ0) is 15.5. The number of benzene rings is 1. The summed E-state index contributed by atoms with van der Waals surface area (Å²) in [5, 5.41) is 9.33. The molecule has 2 rings (SSSR count). The Morgan fingerprint density at radius 2 is 2.00 bits per heavy atom. The lowest BCUT2D eigenvalue weighted by Gasteiger charge is -2.33. The Kier molecular flexibility index (Phi) is 4.50. The van der Waals surface area contributed by atoms with Gasteiger partial charge in [-0.25, -0.2) is 4.79 Å². The first-order valence-electron chi connectivity index (χ1n) is 7.13. The third kappa shape index (κ3) is 3.35. The van der Waals surface area contributed by atoms with E-state index in [1.807, 2.05) is 30.3 Å². The summed E-state index contributed by atoms with van der Waals surface area (Å²) in [5.74, 6) is -0.893. The molecule has 1 heterocycles. The number of aliphatic carboxylic acids is 1. The number of carbonyl (C=O) groups excluding carboxylic acids is 1. The molecule has 1 unspecified atom stereocenters. The van der Waals surface area contributed by atoms with Gasteiger partial charge in [-0.15, -0.1) is 0 Å². The van der Waals surface area contributed by atoms with Crippen molar-refractivity contribution in [3.63, 3.8) is 0 Å². The number of rotatable bonds is 4. The van der Waals surface area contributed by atoms with Gasteiger partial charge in [-0.05, 0) is 32.3 Å². The minimum Gasteiger partial charge on any atom is -0.481 e. The molecule has 0 aromatic heterocycles. The molecule has 5 nitrogen and oxygen atoms in total. The Hall–Kier alpha value is -2.04. The van der Waals surface area contributed by atoms with E-state index >= 15 is 0 Å². The van der Waals surface area contributed by atoms with Gasteiger partial charge in [0.05, 0.1) is 11.5 Å². The van der Waals surface area contributed by atoms with E-state index in [4.69, 9.17) is 4.74 Å². The Bertz CT molecular complexity index is 512. The molecule has 0 radical (unpaired) electrons. The Morgan fingerprint density at radius 1 is 1.33 bits per heavy atom. The molecule has 1 aliphatic rings. The van der Waals surface area contributed by atoms with E-state index in [1.165, 1.54) is 0 Å². The van der Waals surface area contributed by atoms with Crippen molar-refractivity contribution in [1.82, 2.24) is 4.90 Å². The number of carbonyl (C=O) groups is 2. The van der Waals surface area contributed by atoms with Gasteiger partial charge in [0.25, 0.3) is 0 Å². The van der Waals surface area contributed by atoms with Crippen molar-refractivity contribution in [2.45, 2.75) is 39.3 Å². The zero-order valence-corrected chi connectivity index (χ0v) is 12.4. The monoisotopic (exact) mass is 291 g/mol. The maximum atomic E-state index is 12.2. The van der Waals surface area contributed by atoms with Crippen LogP contribution >= 0.6 is 0 Å². The second kappa shape index (κ2) is 6.16. The standard InChI is InChI=1S/C16H21NO4/c1-16(2,14(18)19)13-9-6-10-17(13)15(20)21-11-12-7-4-3-5-8-12/h3-5,7-8,13H,6,9-11H2,1-2H3,(H,18,19). The quantitative estimate of drug-likeness (QED) is 0.926. The van der Waals surface area contributed by atoms with E-state index in [9.17, 15) is 14.7 Å². The van der Waals surface area contributed by atoms with Crippen molar-refractivity contribution in [1.29, 1.82) is 0 Å². The predicted molar refractivity (Wildman–Crippen MR) is 77.8 cm³/mol. The van der Waals surface area contributed by atoms with Crippen LogP contribution in [0.1, 0.15) is 32.3 Å². The molecule has 1 N–H and O–H groups in total. The number of ether oxygens (including phenoxy) is 1. The van der Waals surface area contributed by atoms with Gasteiger partial charge < -0.3 is 14.7 Å². The van der Waals surface area contributed by atoms with Crippen LogP contribution < -0.4 is 0 Å². The van der Waals surface area contributed by atoms with Gasteiger partial charge in [0, 0.05) is 6.54 Å². The largest absolute Gasteiger partial charge is 0.481 e. The summed E-state index contributed by atoms with van der Waals surface area (Å²) < 4.78 is 5.31. The van der Waals surface area contributed by atoms with Crippen LogP contribution in [0, 0.1) is 5.41 Å². The van der Waals surface area contributed by atoms with E-state index < -0.39 is 17.5 Å². The molecule has 1 atom stereocenters. The molecule has 1 aromatic carbocycles. The van der Waals surface area contributed by atoms with Gasteiger partial charge in [0.2, 0.25) is 0 Å². The third-order valence-corrected chi connectivity index (χ3v) is 4.08. The van der Waals surface area contributed by atoms with Crippen molar-refractivity contribution in [3.8, 4) is 0 Å². The first-order chi connectivity index (χ1) is 9.93. The predicted octanol–water partition coefficient (Wildman–Crippen LogP) is 2.90. The van der Waals surface area contributed by atoms with Gasteiger partial charge in [-0.1, -0.05) is 30.3 Å².